The Morgan fingerprint density at radius 3 is 2.54 bits per heavy atom. The summed E-state index contributed by atoms with van der Waals surface area (Å²) in [4.78, 5) is 12.7. The average molecular weight is 354 g/mol. The third kappa shape index (κ3) is 4.12. The number of rotatable bonds is 5. The topological polar surface area (TPSA) is 90.9 Å². The average Bonchev–Trinajstić information content (AvgIpc) is 2.89. The molecule has 1 heterocycles. The smallest absolute Gasteiger partial charge is 0.269 e. The van der Waals surface area contributed by atoms with Gasteiger partial charge in [-0.15, -0.1) is 0 Å². The van der Waals surface area contributed by atoms with Gasteiger partial charge in [-0.1, -0.05) is 6.07 Å². The van der Waals surface area contributed by atoms with Crippen LogP contribution in [-0.4, -0.2) is 32.9 Å². The molecule has 6 heteroatoms. The van der Waals surface area contributed by atoms with E-state index in [2.05, 4.69) is 16.5 Å². The number of aryl methyl sites for hydroxylation is 1. The largest absolute Gasteiger partial charge is 0.389 e. The van der Waals surface area contributed by atoms with E-state index < -0.39 is 5.60 Å². The lowest BCUT2D eigenvalue weighted by atomic mass is 10.0. The van der Waals surface area contributed by atoms with Gasteiger partial charge in [0.2, 0.25) is 0 Å². The molecule has 0 aliphatic carbocycles. The molecule has 2 rings (SSSR count). The van der Waals surface area contributed by atoms with E-state index >= 15 is 0 Å². The third-order valence-corrected chi connectivity index (χ3v) is 4.15. The number of aromatic nitrogens is 2. The number of hydrogen-bond donors (Lipinski definition) is 2. The summed E-state index contributed by atoms with van der Waals surface area (Å²) in [7, 11) is 0. The molecule has 0 saturated heterocycles. The summed E-state index contributed by atoms with van der Waals surface area (Å²) >= 11 is 0. The van der Waals surface area contributed by atoms with Gasteiger partial charge in [0.15, 0.2) is 0 Å². The van der Waals surface area contributed by atoms with Crippen LogP contribution in [0.2, 0.25) is 0 Å². The van der Waals surface area contributed by atoms with Crippen LogP contribution in [0.4, 0.5) is 0 Å². The first-order chi connectivity index (χ1) is 12.0. The van der Waals surface area contributed by atoms with Gasteiger partial charge in [-0.3, -0.25) is 9.48 Å². The number of carbonyl (C=O) groups is 1. The fourth-order valence-electron chi connectivity index (χ4n) is 2.76. The fourth-order valence-corrected chi connectivity index (χ4v) is 2.76. The fraction of sp³-hybridized carbons (Fsp3) is 0.450. The van der Waals surface area contributed by atoms with Crippen molar-refractivity contribution in [2.24, 2.45) is 0 Å². The minimum Gasteiger partial charge on any atom is -0.389 e. The molecule has 0 radical (unpaired) electrons. The molecule has 0 aliphatic heterocycles. The van der Waals surface area contributed by atoms with Crippen molar-refractivity contribution >= 4 is 5.91 Å². The maximum Gasteiger partial charge on any atom is 0.269 e. The van der Waals surface area contributed by atoms with E-state index in [9.17, 15) is 9.90 Å². The van der Waals surface area contributed by atoms with Crippen molar-refractivity contribution in [2.75, 3.05) is 6.54 Å². The molecule has 0 atom stereocenters. The van der Waals surface area contributed by atoms with Gasteiger partial charge in [0.1, 0.15) is 5.69 Å². The van der Waals surface area contributed by atoms with Crippen LogP contribution in [0.25, 0.3) is 11.3 Å². The van der Waals surface area contributed by atoms with E-state index in [0.29, 0.717) is 11.3 Å². The molecular formula is C20H26N4O2. The number of aliphatic hydroxyl groups is 1. The number of benzene rings is 1. The molecule has 2 N–H and O–H groups in total. The zero-order chi connectivity index (χ0) is 19.6. The molecule has 2 aromatic rings. The number of nitrogens with zero attached hydrogens (tertiary/aromatic N) is 3. The minimum atomic E-state index is -0.987. The maximum absolute atomic E-state index is 12.7. The Hall–Kier alpha value is -2.65. The van der Waals surface area contributed by atoms with Crippen molar-refractivity contribution in [1.82, 2.24) is 15.1 Å². The van der Waals surface area contributed by atoms with E-state index in [1.54, 1.807) is 24.6 Å². The first-order valence-electron chi connectivity index (χ1n) is 8.66. The molecule has 0 saturated carbocycles. The van der Waals surface area contributed by atoms with E-state index in [1.807, 2.05) is 39.8 Å². The Morgan fingerprint density at radius 1 is 1.38 bits per heavy atom. The van der Waals surface area contributed by atoms with Crippen LogP contribution in [0.15, 0.2) is 18.2 Å². The molecule has 1 aromatic carbocycles. The SMILES string of the molecule is Cc1cc(-c2nn(C(C)C)c(C(=O)NCC(C)(C)O)c2C)ccc1C#N. The van der Waals surface area contributed by atoms with Crippen LogP contribution < -0.4 is 5.32 Å². The van der Waals surface area contributed by atoms with E-state index in [1.165, 1.54) is 0 Å². The van der Waals surface area contributed by atoms with Crippen molar-refractivity contribution in [3.63, 3.8) is 0 Å². The van der Waals surface area contributed by atoms with Crippen molar-refractivity contribution in [3.05, 3.63) is 40.6 Å². The van der Waals surface area contributed by atoms with Gasteiger partial charge >= 0.3 is 0 Å². The molecule has 138 valence electrons. The van der Waals surface area contributed by atoms with Gasteiger partial charge in [-0.2, -0.15) is 10.4 Å². The normalized spacial score (nSPS) is 11.5. The van der Waals surface area contributed by atoms with Gasteiger partial charge in [0.25, 0.3) is 5.91 Å². The Kier molecular flexibility index (Phi) is 5.53. The molecule has 0 spiro atoms. The zero-order valence-electron chi connectivity index (χ0n) is 16.2. The molecule has 1 amide bonds. The molecule has 1 aromatic heterocycles. The lowest BCUT2D eigenvalue weighted by Gasteiger charge is -2.18. The zero-order valence-corrected chi connectivity index (χ0v) is 16.2. The predicted octanol–water partition coefficient (Wildman–Crippen LogP) is 3.12. The lowest BCUT2D eigenvalue weighted by Crippen LogP contribution is -2.39. The molecule has 6 nitrogen and oxygen atoms in total. The van der Waals surface area contributed by atoms with Gasteiger partial charge < -0.3 is 10.4 Å². The number of hydrogen-bond acceptors (Lipinski definition) is 4. The van der Waals surface area contributed by atoms with E-state index in [0.717, 1.165) is 22.4 Å². The van der Waals surface area contributed by atoms with Gasteiger partial charge in [-0.05, 0) is 59.2 Å². The van der Waals surface area contributed by atoms with Crippen LogP contribution in [0, 0.1) is 25.2 Å². The summed E-state index contributed by atoms with van der Waals surface area (Å²) in [5.41, 5.74) is 3.36. The monoisotopic (exact) mass is 354 g/mol. The highest BCUT2D eigenvalue weighted by Crippen LogP contribution is 2.28. The number of carbonyl (C=O) groups excluding carboxylic acids is 1. The highest BCUT2D eigenvalue weighted by Gasteiger charge is 2.24. The minimum absolute atomic E-state index is 0.00446. The van der Waals surface area contributed by atoms with Crippen LogP contribution in [0.1, 0.15) is 60.9 Å². The van der Waals surface area contributed by atoms with Crippen molar-refractivity contribution in [2.45, 2.75) is 53.2 Å². The summed E-state index contributed by atoms with van der Waals surface area (Å²) < 4.78 is 1.71. The molecule has 0 bridgehead atoms. The van der Waals surface area contributed by atoms with Crippen LogP contribution >= 0.6 is 0 Å². The Morgan fingerprint density at radius 2 is 2.04 bits per heavy atom. The van der Waals surface area contributed by atoms with Crippen LogP contribution in [-0.2, 0) is 0 Å². The van der Waals surface area contributed by atoms with E-state index in [4.69, 9.17) is 5.26 Å². The van der Waals surface area contributed by atoms with Crippen LogP contribution in [0.3, 0.4) is 0 Å². The standard InChI is InChI=1S/C20H26N4O2/c1-12(2)24-18(19(25)22-11-20(5,6)26)14(4)17(23-24)15-7-8-16(10-21)13(3)9-15/h7-9,12,26H,11H2,1-6H3,(H,22,25). The second kappa shape index (κ2) is 7.30. The van der Waals surface area contributed by atoms with Crippen molar-refractivity contribution in [1.29, 1.82) is 5.26 Å². The Balaban J connectivity index is 2.49. The molecule has 26 heavy (non-hydrogen) atoms. The highest BCUT2D eigenvalue weighted by molar-refractivity contribution is 5.95. The van der Waals surface area contributed by atoms with Gasteiger partial charge in [-0.25, -0.2) is 0 Å². The van der Waals surface area contributed by atoms with Gasteiger partial charge in [0, 0.05) is 23.7 Å². The quantitative estimate of drug-likeness (QED) is 0.863. The highest BCUT2D eigenvalue weighted by atomic mass is 16.3. The molecule has 0 unspecified atom stereocenters. The summed E-state index contributed by atoms with van der Waals surface area (Å²) in [6, 6.07) is 7.70. The molecular weight excluding hydrogens is 328 g/mol. The summed E-state index contributed by atoms with van der Waals surface area (Å²) in [5, 5.41) is 26.4. The number of nitriles is 1. The number of amides is 1. The maximum atomic E-state index is 12.7. The second-order valence-electron chi connectivity index (χ2n) is 7.50. The van der Waals surface area contributed by atoms with Crippen molar-refractivity contribution < 1.29 is 9.90 Å². The molecule has 0 aliphatic rings. The summed E-state index contributed by atoms with van der Waals surface area (Å²) in [5.74, 6) is -0.262. The second-order valence-corrected chi connectivity index (χ2v) is 7.50. The number of nitrogens with one attached hydrogen (secondary N) is 1. The lowest BCUT2D eigenvalue weighted by molar-refractivity contribution is 0.0688. The Bertz CT molecular complexity index is 867. The first kappa shape index (κ1) is 19.7. The van der Waals surface area contributed by atoms with Crippen LogP contribution in [0.5, 0.6) is 0 Å². The molecule has 0 fully saturated rings. The third-order valence-electron chi connectivity index (χ3n) is 4.15. The summed E-state index contributed by atoms with van der Waals surface area (Å²) in [6.45, 7) is 11.1. The van der Waals surface area contributed by atoms with Gasteiger partial charge in [0.05, 0.1) is 22.9 Å². The first-order valence-corrected chi connectivity index (χ1v) is 8.66. The predicted molar refractivity (Wildman–Crippen MR) is 101 cm³/mol. The Labute approximate surface area is 154 Å². The summed E-state index contributed by atoms with van der Waals surface area (Å²) in [6.07, 6.45) is 0. The van der Waals surface area contributed by atoms with Crippen molar-refractivity contribution in [3.8, 4) is 17.3 Å². The van der Waals surface area contributed by atoms with E-state index in [-0.39, 0.29) is 18.5 Å².